The number of hydrogen-bond donors (Lipinski definition) is 3. The number of carbonyl (C=O) groups is 2. The van der Waals surface area contributed by atoms with Crippen molar-refractivity contribution >= 4 is 12.0 Å². The van der Waals surface area contributed by atoms with Crippen molar-refractivity contribution in [1.82, 2.24) is 10.6 Å². The molecule has 1 aliphatic rings. The topological polar surface area (TPSA) is 78.4 Å². The van der Waals surface area contributed by atoms with Gasteiger partial charge in [-0.2, -0.15) is 0 Å². The molecule has 2 rings (SSSR count). The molecule has 1 fully saturated rings. The summed E-state index contributed by atoms with van der Waals surface area (Å²) in [6.45, 7) is 3.92. The molecule has 0 aromatic heterocycles. The van der Waals surface area contributed by atoms with Crippen LogP contribution in [0.25, 0.3) is 0 Å². The maximum atomic E-state index is 12.0. The highest BCUT2D eigenvalue weighted by Crippen LogP contribution is 2.26. The molecule has 2 amide bonds. The van der Waals surface area contributed by atoms with Gasteiger partial charge in [0.05, 0.1) is 12.0 Å². The molecule has 0 spiro atoms. The molecule has 5 nitrogen and oxygen atoms in total. The summed E-state index contributed by atoms with van der Waals surface area (Å²) < 4.78 is 0. The van der Waals surface area contributed by atoms with Crippen molar-refractivity contribution in [3.05, 3.63) is 35.4 Å². The van der Waals surface area contributed by atoms with Crippen LogP contribution in [0.5, 0.6) is 0 Å². The highest BCUT2D eigenvalue weighted by atomic mass is 16.4. The molecule has 0 radical (unpaired) electrons. The molecule has 1 aromatic rings. The third kappa shape index (κ3) is 3.74. The van der Waals surface area contributed by atoms with Gasteiger partial charge in [0.1, 0.15) is 0 Å². The molecule has 3 unspecified atom stereocenters. The fourth-order valence-corrected chi connectivity index (χ4v) is 2.99. The Morgan fingerprint density at radius 3 is 2.67 bits per heavy atom. The van der Waals surface area contributed by atoms with Crippen LogP contribution in [0.4, 0.5) is 4.79 Å². The third-order valence-corrected chi connectivity index (χ3v) is 4.15. The lowest BCUT2D eigenvalue weighted by Gasteiger charge is -2.21. The van der Waals surface area contributed by atoms with Crippen LogP contribution >= 0.6 is 0 Å². The number of rotatable bonds is 4. The molecule has 3 atom stereocenters. The van der Waals surface area contributed by atoms with Crippen LogP contribution < -0.4 is 10.6 Å². The van der Waals surface area contributed by atoms with Gasteiger partial charge in [-0.15, -0.1) is 0 Å². The number of urea groups is 1. The Morgan fingerprint density at radius 1 is 1.29 bits per heavy atom. The first-order chi connectivity index (χ1) is 9.99. The molecule has 1 saturated carbocycles. The minimum Gasteiger partial charge on any atom is -0.481 e. The number of carbonyl (C=O) groups excluding carboxylic acids is 1. The summed E-state index contributed by atoms with van der Waals surface area (Å²) in [7, 11) is 0. The maximum absolute atomic E-state index is 12.0. The van der Waals surface area contributed by atoms with Gasteiger partial charge < -0.3 is 15.7 Å². The highest BCUT2D eigenvalue weighted by molar-refractivity contribution is 5.77. The molecule has 1 aliphatic carbocycles. The van der Waals surface area contributed by atoms with Gasteiger partial charge in [-0.05, 0) is 37.8 Å². The summed E-state index contributed by atoms with van der Waals surface area (Å²) in [5.74, 6) is -1.30. The number of nitrogens with one attached hydrogen (secondary N) is 2. The molecule has 1 aromatic carbocycles. The van der Waals surface area contributed by atoms with Crippen molar-refractivity contribution in [2.75, 3.05) is 0 Å². The lowest BCUT2D eigenvalue weighted by atomic mass is 10.0. The molecule has 0 bridgehead atoms. The molecule has 21 heavy (non-hydrogen) atoms. The van der Waals surface area contributed by atoms with Crippen molar-refractivity contribution < 1.29 is 14.7 Å². The van der Waals surface area contributed by atoms with Gasteiger partial charge in [0.2, 0.25) is 0 Å². The van der Waals surface area contributed by atoms with Gasteiger partial charge in [-0.1, -0.05) is 30.7 Å². The Kier molecular flexibility index (Phi) is 4.83. The van der Waals surface area contributed by atoms with Crippen molar-refractivity contribution in [1.29, 1.82) is 0 Å². The lowest BCUT2D eigenvalue weighted by Crippen LogP contribution is -2.46. The summed E-state index contributed by atoms with van der Waals surface area (Å²) in [4.78, 5) is 23.2. The fraction of sp³-hybridized carbons (Fsp3) is 0.500. The van der Waals surface area contributed by atoms with Crippen LogP contribution in [-0.2, 0) is 4.79 Å². The van der Waals surface area contributed by atoms with Crippen LogP contribution in [0.15, 0.2) is 24.3 Å². The van der Waals surface area contributed by atoms with Crippen LogP contribution in [-0.4, -0.2) is 23.1 Å². The fourth-order valence-electron chi connectivity index (χ4n) is 2.99. The number of aryl methyl sites for hydroxylation is 1. The molecular formula is C16H22N2O3. The quantitative estimate of drug-likeness (QED) is 0.797. The van der Waals surface area contributed by atoms with E-state index in [0.29, 0.717) is 6.42 Å². The number of hydrogen-bond acceptors (Lipinski definition) is 2. The van der Waals surface area contributed by atoms with E-state index in [4.69, 9.17) is 5.11 Å². The van der Waals surface area contributed by atoms with Crippen LogP contribution in [0.2, 0.25) is 0 Å². The zero-order valence-corrected chi connectivity index (χ0v) is 12.4. The first kappa shape index (κ1) is 15.4. The van der Waals surface area contributed by atoms with Crippen molar-refractivity contribution in [2.45, 2.75) is 45.2 Å². The number of benzene rings is 1. The summed E-state index contributed by atoms with van der Waals surface area (Å²) in [5, 5.41) is 14.8. The summed E-state index contributed by atoms with van der Waals surface area (Å²) in [6, 6.07) is 7.20. The summed E-state index contributed by atoms with van der Waals surface area (Å²) in [5.41, 5.74) is 2.18. The summed E-state index contributed by atoms with van der Waals surface area (Å²) in [6.07, 6.45) is 2.20. The van der Waals surface area contributed by atoms with E-state index in [-0.39, 0.29) is 18.1 Å². The Balaban J connectivity index is 1.93. The standard InChI is InChI=1S/C16H22N2O3/c1-10-6-3-4-7-12(10)11(2)17-16(21)18-14-9-5-8-13(14)15(19)20/h3-4,6-7,11,13-14H,5,8-9H2,1-2H3,(H,19,20)(H2,17,18,21). The zero-order valence-electron chi connectivity index (χ0n) is 12.4. The Labute approximate surface area is 124 Å². The van der Waals surface area contributed by atoms with E-state index >= 15 is 0 Å². The van der Waals surface area contributed by atoms with Gasteiger partial charge in [-0.3, -0.25) is 4.79 Å². The molecule has 0 heterocycles. The second kappa shape index (κ2) is 6.61. The normalized spacial score (nSPS) is 22.6. The minimum absolute atomic E-state index is 0.115. The SMILES string of the molecule is Cc1ccccc1C(C)NC(=O)NC1CCCC1C(=O)O. The van der Waals surface area contributed by atoms with Gasteiger partial charge in [0.15, 0.2) is 0 Å². The second-order valence-electron chi connectivity index (χ2n) is 5.68. The van der Waals surface area contributed by atoms with Crippen molar-refractivity contribution in [2.24, 2.45) is 5.92 Å². The van der Waals surface area contributed by atoms with Gasteiger partial charge in [0.25, 0.3) is 0 Å². The van der Waals surface area contributed by atoms with Crippen molar-refractivity contribution in [3.8, 4) is 0 Å². The van der Waals surface area contributed by atoms with E-state index in [0.717, 1.165) is 24.0 Å². The van der Waals surface area contributed by atoms with E-state index in [9.17, 15) is 9.59 Å². The smallest absolute Gasteiger partial charge is 0.315 e. The average molecular weight is 290 g/mol. The maximum Gasteiger partial charge on any atom is 0.315 e. The lowest BCUT2D eigenvalue weighted by molar-refractivity contribution is -0.142. The largest absolute Gasteiger partial charge is 0.481 e. The highest BCUT2D eigenvalue weighted by Gasteiger charge is 2.34. The number of aliphatic carboxylic acids is 1. The van der Waals surface area contributed by atoms with Crippen LogP contribution in [0, 0.1) is 12.8 Å². The van der Waals surface area contributed by atoms with E-state index < -0.39 is 11.9 Å². The molecule has 114 valence electrons. The molecule has 0 saturated heterocycles. The van der Waals surface area contributed by atoms with E-state index in [1.807, 2.05) is 38.1 Å². The average Bonchev–Trinajstić information content (AvgIpc) is 2.87. The predicted octanol–water partition coefficient (Wildman–Crippen LogP) is 2.61. The first-order valence-electron chi connectivity index (χ1n) is 7.34. The van der Waals surface area contributed by atoms with Crippen LogP contribution in [0.3, 0.4) is 0 Å². The minimum atomic E-state index is -0.829. The van der Waals surface area contributed by atoms with Crippen LogP contribution in [0.1, 0.15) is 43.4 Å². The van der Waals surface area contributed by atoms with Crippen molar-refractivity contribution in [3.63, 3.8) is 0 Å². The first-order valence-corrected chi connectivity index (χ1v) is 7.34. The van der Waals surface area contributed by atoms with Gasteiger partial charge in [0, 0.05) is 6.04 Å². The summed E-state index contributed by atoms with van der Waals surface area (Å²) >= 11 is 0. The van der Waals surface area contributed by atoms with Gasteiger partial charge in [-0.25, -0.2) is 4.79 Å². The van der Waals surface area contributed by atoms with E-state index in [2.05, 4.69) is 10.6 Å². The Hall–Kier alpha value is -2.04. The number of carboxylic acid groups (broad SMARTS) is 1. The van der Waals surface area contributed by atoms with E-state index in [1.165, 1.54) is 0 Å². The predicted molar refractivity (Wildman–Crippen MR) is 80.0 cm³/mol. The van der Waals surface area contributed by atoms with Gasteiger partial charge >= 0.3 is 12.0 Å². The Bertz CT molecular complexity index is 530. The number of amides is 2. The third-order valence-electron chi connectivity index (χ3n) is 4.15. The Morgan fingerprint density at radius 2 is 2.00 bits per heavy atom. The zero-order chi connectivity index (χ0) is 15.4. The molecular weight excluding hydrogens is 268 g/mol. The monoisotopic (exact) mass is 290 g/mol. The molecule has 3 N–H and O–H groups in total. The van der Waals surface area contributed by atoms with E-state index in [1.54, 1.807) is 0 Å². The number of carboxylic acids is 1. The molecule has 5 heteroatoms. The molecule has 0 aliphatic heterocycles. The second-order valence-corrected chi connectivity index (χ2v) is 5.68.